The van der Waals surface area contributed by atoms with Crippen molar-refractivity contribution in [3.8, 4) is 5.75 Å². The Morgan fingerprint density at radius 1 is 0.646 bits per heavy atom. The second kappa shape index (κ2) is 19.9. The van der Waals surface area contributed by atoms with Crippen molar-refractivity contribution in [2.45, 2.75) is 67.0 Å². The molecule has 0 amide bonds. The topological polar surface area (TPSA) is 37.6 Å². The third-order valence-electron chi connectivity index (χ3n) is 7.79. The number of hydrogen-bond donors (Lipinski definition) is 1. The average Bonchev–Trinajstić information content (AvgIpc) is 3.01. The predicted molar refractivity (Wildman–Crippen MR) is 202 cm³/mol. The van der Waals surface area contributed by atoms with Gasteiger partial charge in [-0.3, -0.25) is 4.90 Å². The van der Waals surface area contributed by atoms with E-state index < -0.39 is 0 Å². The molecule has 0 aromatic heterocycles. The summed E-state index contributed by atoms with van der Waals surface area (Å²) >= 11 is 0. The van der Waals surface area contributed by atoms with Crippen LogP contribution in [0.1, 0.15) is 70.8 Å². The normalized spacial score (nSPS) is 10.6. The number of aromatic hydroxyl groups is 1. The van der Waals surface area contributed by atoms with Gasteiger partial charge in [0.15, 0.2) is 0 Å². The number of aryl methyl sites for hydroxylation is 4. The molecule has 4 heteroatoms. The fraction of sp³-hybridized carbons (Fsp3) is 0.273. The van der Waals surface area contributed by atoms with Gasteiger partial charge in [-0.15, -0.1) is 36.5 Å². The number of phenolic OH excluding ortho intramolecular Hbond substituents is 1. The van der Waals surface area contributed by atoms with Crippen LogP contribution in [-0.2, 0) is 44.7 Å². The van der Waals surface area contributed by atoms with Gasteiger partial charge in [-0.2, -0.15) is 49.2 Å². The summed E-state index contributed by atoms with van der Waals surface area (Å²) < 4.78 is 0. The minimum Gasteiger partial charge on any atom is -0.683 e. The summed E-state index contributed by atoms with van der Waals surface area (Å²) in [6, 6.07) is 38.9. The molecule has 0 heterocycles. The molecular weight excluding hydrogens is 664 g/mol. The van der Waals surface area contributed by atoms with Crippen LogP contribution in [0.15, 0.2) is 115 Å². The molecule has 48 heavy (non-hydrogen) atoms. The smallest absolute Gasteiger partial charge is 0.683 e. The third-order valence-corrected chi connectivity index (χ3v) is 7.79. The summed E-state index contributed by atoms with van der Waals surface area (Å²) in [5.74, 6) is 0.424. The van der Waals surface area contributed by atoms with E-state index in [1.54, 1.807) is 0 Å². The molecule has 0 fully saturated rings. The Morgan fingerprint density at radius 2 is 1.10 bits per heavy atom. The molecule has 249 valence electrons. The molecular formula is C44H53N2OZr. The van der Waals surface area contributed by atoms with Gasteiger partial charge in [0.1, 0.15) is 5.75 Å². The van der Waals surface area contributed by atoms with Crippen molar-refractivity contribution in [2.75, 3.05) is 13.1 Å². The van der Waals surface area contributed by atoms with Crippen molar-refractivity contribution < 1.29 is 31.3 Å². The summed E-state index contributed by atoms with van der Waals surface area (Å²) in [7, 11) is 0. The largest absolute Gasteiger partial charge is 3.00 e. The molecule has 3 nitrogen and oxygen atoms in total. The maximum atomic E-state index is 11.1. The Kier molecular flexibility index (Phi) is 16.8. The summed E-state index contributed by atoms with van der Waals surface area (Å²) in [5, 5.41) is 16.1. The molecule has 0 aliphatic carbocycles. The van der Waals surface area contributed by atoms with Gasteiger partial charge in [0.2, 0.25) is 0 Å². The Morgan fingerprint density at radius 3 is 1.54 bits per heavy atom. The molecule has 0 atom stereocenters. The van der Waals surface area contributed by atoms with Crippen LogP contribution in [0, 0.1) is 41.5 Å². The van der Waals surface area contributed by atoms with Gasteiger partial charge in [-0.05, 0) is 50.8 Å². The molecule has 0 aliphatic heterocycles. The SMILES string of the molecule is Cc1cc(C)c([N-]CCN(Cc2ccccc2)Cc2cc(C)cc(C(C)(C)C)c2O)c(C)c1.[CH2-]c1ccccc1.[CH2-]c1ccccc1.[Zr+3]. The second-order valence-corrected chi connectivity index (χ2v) is 13.4. The van der Waals surface area contributed by atoms with Crippen LogP contribution in [0.5, 0.6) is 5.75 Å². The van der Waals surface area contributed by atoms with E-state index in [2.05, 4.69) is 116 Å². The molecule has 0 spiro atoms. The minimum atomic E-state index is -0.106. The number of benzene rings is 5. The molecule has 1 N–H and O–H groups in total. The van der Waals surface area contributed by atoms with Crippen LogP contribution in [0.25, 0.3) is 5.32 Å². The zero-order valence-electron chi connectivity index (χ0n) is 30.1. The van der Waals surface area contributed by atoms with Crippen molar-refractivity contribution in [3.05, 3.63) is 184 Å². The third kappa shape index (κ3) is 13.8. The molecule has 5 rings (SSSR count). The zero-order chi connectivity index (χ0) is 34.4. The molecule has 5 aromatic carbocycles. The van der Waals surface area contributed by atoms with Crippen LogP contribution >= 0.6 is 0 Å². The first-order chi connectivity index (χ1) is 22.3. The maximum Gasteiger partial charge on any atom is 3.00 e. The number of phenols is 1. The molecule has 5 aromatic rings. The zero-order valence-corrected chi connectivity index (χ0v) is 32.5. The van der Waals surface area contributed by atoms with Gasteiger partial charge in [0, 0.05) is 18.7 Å². The van der Waals surface area contributed by atoms with Crippen molar-refractivity contribution in [1.82, 2.24) is 4.90 Å². The van der Waals surface area contributed by atoms with Gasteiger partial charge in [0.25, 0.3) is 0 Å². The van der Waals surface area contributed by atoms with Crippen LogP contribution < -0.4 is 0 Å². The number of rotatable bonds is 8. The van der Waals surface area contributed by atoms with Crippen molar-refractivity contribution in [3.63, 3.8) is 0 Å². The Balaban J connectivity index is 0.000000437. The maximum absolute atomic E-state index is 11.1. The van der Waals surface area contributed by atoms with Gasteiger partial charge < -0.3 is 10.4 Å². The van der Waals surface area contributed by atoms with Crippen molar-refractivity contribution >= 4 is 5.69 Å². The van der Waals surface area contributed by atoms with Gasteiger partial charge in [-0.1, -0.05) is 110 Å². The first-order valence-corrected chi connectivity index (χ1v) is 16.4. The molecule has 0 aliphatic rings. The Labute approximate surface area is 310 Å². The quantitative estimate of drug-likeness (QED) is 0.162. The standard InChI is InChI=1S/C30H39N2O.2C7H7.Zr/c1-21-15-23(3)28(24(4)16-21)31-13-14-32(19-25-11-9-8-10-12-25)20-26-17-22(2)18-27(29(26)33)30(5,6)7;2*1-7-5-3-2-4-6-7;/h8-12,15-18,33H,13-14,19-20H2,1-7H3;2*2-6H,1H2;/q3*-1;+3. The molecule has 0 bridgehead atoms. The Hall–Kier alpha value is -3.72. The minimum absolute atomic E-state index is 0. The van der Waals surface area contributed by atoms with E-state index >= 15 is 0 Å². The van der Waals surface area contributed by atoms with Crippen molar-refractivity contribution in [2.24, 2.45) is 0 Å². The molecule has 1 radical (unpaired) electrons. The fourth-order valence-electron chi connectivity index (χ4n) is 5.52. The van der Waals surface area contributed by atoms with E-state index in [-0.39, 0.29) is 31.6 Å². The van der Waals surface area contributed by atoms with Crippen LogP contribution in [0.4, 0.5) is 5.69 Å². The summed E-state index contributed by atoms with van der Waals surface area (Å²) in [4.78, 5) is 2.39. The van der Waals surface area contributed by atoms with E-state index in [4.69, 9.17) is 5.32 Å². The fourth-order valence-corrected chi connectivity index (χ4v) is 5.52. The van der Waals surface area contributed by atoms with E-state index in [1.807, 2.05) is 66.7 Å². The summed E-state index contributed by atoms with van der Waals surface area (Å²) in [6.45, 7) is 25.5. The Bertz CT molecular complexity index is 1580. The second-order valence-electron chi connectivity index (χ2n) is 13.4. The van der Waals surface area contributed by atoms with Crippen LogP contribution in [0.2, 0.25) is 0 Å². The molecule has 0 unspecified atom stereocenters. The van der Waals surface area contributed by atoms with Gasteiger partial charge in [0.05, 0.1) is 0 Å². The average molecular weight is 717 g/mol. The monoisotopic (exact) mass is 715 g/mol. The van der Waals surface area contributed by atoms with Crippen LogP contribution in [-0.4, -0.2) is 23.1 Å². The van der Waals surface area contributed by atoms with E-state index in [0.717, 1.165) is 47.6 Å². The predicted octanol–water partition coefficient (Wildman–Crippen LogP) is 11.4. The van der Waals surface area contributed by atoms with E-state index in [0.29, 0.717) is 12.3 Å². The number of nitrogens with zero attached hydrogens (tertiary/aromatic N) is 2. The summed E-state index contributed by atoms with van der Waals surface area (Å²) in [6.07, 6.45) is 0. The first kappa shape index (κ1) is 40.5. The van der Waals surface area contributed by atoms with Crippen LogP contribution in [0.3, 0.4) is 0 Å². The van der Waals surface area contributed by atoms with Gasteiger partial charge >= 0.3 is 26.2 Å². The molecule has 0 saturated carbocycles. The summed E-state index contributed by atoms with van der Waals surface area (Å²) in [5.41, 5.74) is 11.3. The van der Waals surface area contributed by atoms with Crippen molar-refractivity contribution in [1.29, 1.82) is 0 Å². The molecule has 0 saturated heterocycles. The first-order valence-electron chi connectivity index (χ1n) is 16.4. The van der Waals surface area contributed by atoms with E-state index in [1.165, 1.54) is 27.8 Å². The number of hydrogen-bond acceptors (Lipinski definition) is 2. The van der Waals surface area contributed by atoms with E-state index in [9.17, 15) is 5.11 Å². The van der Waals surface area contributed by atoms with Gasteiger partial charge in [-0.25, -0.2) is 0 Å².